The summed E-state index contributed by atoms with van der Waals surface area (Å²) in [4.78, 5) is 279. The number of rotatable bonds is 43. The Hall–Kier alpha value is -12.1. The number of nitrogens with two attached hydrogens (primary N) is 2. The maximum Gasteiger partial charge on any atom is 0.329 e. The van der Waals surface area contributed by atoms with E-state index in [9.17, 15) is 106 Å². The predicted molar refractivity (Wildman–Crippen MR) is 426 cm³/mol. The van der Waals surface area contributed by atoms with Crippen molar-refractivity contribution in [2.75, 3.05) is 64.4 Å². The molecule has 2 heterocycles. The van der Waals surface area contributed by atoms with Gasteiger partial charge in [0.25, 0.3) is 12.9 Å². The number of unbranched alkanes of at least 4 members (excludes halogenated alkanes) is 6. The number of Topliss-reactive ketones (excluding diaryl/α,β-unsaturated/α-hetero) is 4. The first-order chi connectivity index (χ1) is 57.2. The number of carboxylic acids is 2. The summed E-state index contributed by atoms with van der Waals surface area (Å²) in [5.41, 5.74) is 12.6. The normalized spacial score (nSPS) is 20.9. The zero-order valence-corrected chi connectivity index (χ0v) is 67.8. The second kappa shape index (κ2) is 53.3. The zero-order chi connectivity index (χ0) is 89.0. The van der Waals surface area contributed by atoms with Crippen molar-refractivity contribution in [2.24, 2.45) is 35.1 Å². The first-order valence-electron chi connectivity index (χ1n) is 39.7. The highest BCUT2D eigenvalue weighted by Gasteiger charge is 2.41. The number of ether oxygens (including phenoxy) is 3. The smallest absolute Gasteiger partial charge is 0.329 e. The number of fused-ring (bicyclic) bond motifs is 1. The fourth-order valence-electron chi connectivity index (χ4n) is 13.0. The van der Waals surface area contributed by atoms with Crippen LogP contribution in [-0.4, -0.2) is 253 Å². The van der Waals surface area contributed by atoms with Gasteiger partial charge in [-0.3, -0.25) is 91.1 Å². The van der Waals surface area contributed by atoms with E-state index in [4.69, 9.17) is 25.7 Å². The predicted octanol–water partition coefficient (Wildman–Crippen LogP) is -2.51. The monoisotopic (exact) mass is 1690 g/mol. The van der Waals surface area contributed by atoms with E-state index >= 15 is 4.79 Å². The molecule has 0 saturated carbocycles. The van der Waals surface area contributed by atoms with E-state index in [-0.39, 0.29) is 69.5 Å². The lowest BCUT2D eigenvalue weighted by Crippen LogP contribution is -2.57. The Balaban J connectivity index is 1.91. The highest BCUT2D eigenvalue weighted by Crippen LogP contribution is 2.26. The Morgan fingerprint density at radius 1 is 0.642 bits per heavy atom. The van der Waals surface area contributed by atoms with Gasteiger partial charge in [0.15, 0.2) is 23.1 Å². The number of aromatic nitrogens is 1. The lowest BCUT2D eigenvalue weighted by Gasteiger charge is -2.29. The third-order valence-electron chi connectivity index (χ3n) is 19.5. The van der Waals surface area contributed by atoms with Crippen LogP contribution in [0.25, 0.3) is 10.9 Å². The highest BCUT2D eigenvalue weighted by atomic mass is 16.5. The third-order valence-corrected chi connectivity index (χ3v) is 19.5. The van der Waals surface area contributed by atoms with Crippen LogP contribution in [0.4, 0.5) is 5.69 Å². The molecule has 1 aliphatic heterocycles. The summed E-state index contributed by atoms with van der Waals surface area (Å²) in [5, 5.41) is 60.7. The van der Waals surface area contributed by atoms with Crippen molar-refractivity contribution in [3.8, 4) is 0 Å². The van der Waals surface area contributed by atoms with Crippen molar-refractivity contribution in [1.82, 2.24) is 63.5 Å². The Morgan fingerprint density at radius 3 is 1.92 bits per heavy atom. The number of primary amides is 1. The first-order valence-corrected chi connectivity index (χ1v) is 39.7. The molecule has 0 aliphatic carbocycles. The summed E-state index contributed by atoms with van der Waals surface area (Å²) in [6.07, 6.45) is -1.92. The molecule has 11 amide bonds. The number of hydrogen-bond donors (Lipinski definition) is 18. The van der Waals surface area contributed by atoms with Gasteiger partial charge >= 0.3 is 17.9 Å². The molecular formula is C79H113N15O26. The molecule has 0 bridgehead atoms. The van der Waals surface area contributed by atoms with Crippen LogP contribution in [0.5, 0.6) is 0 Å². The Morgan fingerprint density at radius 2 is 1.27 bits per heavy atom. The summed E-state index contributed by atoms with van der Waals surface area (Å²) in [7, 11) is 0. The molecule has 1 fully saturated rings. The Bertz CT molecular complexity index is 4060. The molecule has 120 heavy (non-hydrogen) atoms. The van der Waals surface area contributed by atoms with Gasteiger partial charge in [-0.1, -0.05) is 82.7 Å². The molecule has 0 radical (unpaired) electrons. The fraction of sp³-hybridized carbons (Fsp3) is 0.570. The van der Waals surface area contributed by atoms with Crippen molar-refractivity contribution in [3.63, 3.8) is 0 Å². The van der Waals surface area contributed by atoms with Crippen molar-refractivity contribution < 1.29 is 125 Å². The number of aromatic amines is 1. The zero-order valence-electron chi connectivity index (χ0n) is 67.8. The first kappa shape index (κ1) is 100. The number of cyclic esters (lactones) is 1. The van der Waals surface area contributed by atoms with E-state index in [2.05, 4.69) is 75.7 Å². The van der Waals surface area contributed by atoms with E-state index < -0.39 is 262 Å². The number of aliphatic hydroxyl groups excluding tert-OH is 1. The Kier molecular flexibility index (Phi) is 44.5. The number of para-hydroxylation sites is 2. The average Bonchev–Trinajstić information content (AvgIpc) is 1.65. The molecule has 0 spiro atoms. The number of esters is 1. The van der Waals surface area contributed by atoms with Crippen LogP contribution in [-0.2, 0) is 112 Å². The minimum Gasteiger partial charge on any atom is -0.481 e. The average molecular weight is 1690 g/mol. The summed E-state index contributed by atoms with van der Waals surface area (Å²) < 4.78 is 15.4. The molecule has 20 N–H and O–H groups in total. The SMILES string of the molecule is CCCCCCCCCC(=O)N[C@@H](Cc1c[nH]c2ccccc12)C(=O)N[C@H](CC(N)=O)C(=O)C[C@@H](CC(=O)O)C(=O)N[C@@H]1C(=O)NCC(=O)N[C@@H](CCCNCCN)C(=O)C[C@@H](COC=O)C(=O)N[C@H](C)C(=O)N[C@@H](COC=O)C(=O)NCC(=O)N[C@H](CO)C(=O)C[C@@H]([C@H](C)CC(=O)O)C(=O)N[C@@H](CC(=O)c2ccccc2NCC)C(=O)O[C@@H]1C. The van der Waals surface area contributed by atoms with Gasteiger partial charge in [-0.2, -0.15) is 0 Å². The molecule has 41 nitrogen and oxygen atoms in total. The molecule has 13 atom stereocenters. The molecule has 1 aliphatic rings. The van der Waals surface area contributed by atoms with Gasteiger partial charge in [0.05, 0.1) is 56.5 Å². The molecule has 1 aromatic heterocycles. The van der Waals surface area contributed by atoms with Crippen molar-refractivity contribution in [3.05, 3.63) is 65.9 Å². The number of anilines is 1. The summed E-state index contributed by atoms with van der Waals surface area (Å²) >= 11 is 0. The number of ketones is 4. The van der Waals surface area contributed by atoms with Gasteiger partial charge in [-0.05, 0) is 76.3 Å². The van der Waals surface area contributed by atoms with Crippen LogP contribution in [0.15, 0.2) is 54.7 Å². The van der Waals surface area contributed by atoms with Gasteiger partial charge in [0, 0.05) is 98.8 Å². The molecule has 2 aromatic carbocycles. The van der Waals surface area contributed by atoms with Crippen molar-refractivity contribution >= 4 is 136 Å². The highest BCUT2D eigenvalue weighted by molar-refractivity contribution is 6.05. The molecule has 4 rings (SSSR count). The van der Waals surface area contributed by atoms with Crippen LogP contribution in [0.2, 0.25) is 0 Å². The number of carbonyl (C=O) groups is 20. The number of benzene rings is 2. The van der Waals surface area contributed by atoms with Crippen LogP contribution in [0.1, 0.15) is 160 Å². The number of hydrogen-bond acceptors (Lipinski definition) is 27. The van der Waals surface area contributed by atoms with Gasteiger partial charge in [-0.25, -0.2) is 4.79 Å². The summed E-state index contributed by atoms with van der Waals surface area (Å²) in [5.74, 6) is -29.0. The van der Waals surface area contributed by atoms with Gasteiger partial charge in [0.2, 0.25) is 65.0 Å². The number of carbonyl (C=O) groups excluding carboxylic acids is 18. The minimum atomic E-state index is -2.36. The van der Waals surface area contributed by atoms with E-state index in [0.29, 0.717) is 35.9 Å². The quantitative estimate of drug-likeness (QED) is 0.00914. The van der Waals surface area contributed by atoms with Crippen LogP contribution in [0.3, 0.4) is 0 Å². The number of aliphatic carboxylic acids is 2. The number of aliphatic hydroxyl groups is 1. The number of amides is 11. The standard InChI is InChI=1S/C79H113N15O26/c1-6-8-9-10-11-12-13-24-66(103)89-57(29-48-36-84-53-21-16-14-19-50(48)53)77(115)91-56(35-65(81)102)63(100)30-47(32-70(108)109)73(111)94-71-46(5)120-79(117)58(34-61(98)51-20-15-17-22-54(51)83-7-2)92-75(113)52(44(3)28-69(106)107)33-64(101)59(39-95)90-68(105)37-85-76(114)60(41-119-43-97)93-72(110)45(4)87-74(112)49(40-118-42-96)31-62(99)55(23-18-26-82-27-25-80)88-67(104)38-86-78(71)116/h14-17,19-22,36,42-47,49,52,55-60,71,82-84,95H,6-13,18,23-35,37-41,80H2,1-5H3,(H2,81,102)(H,85,114)(H,86,116)(H,87,112)(H,88,104)(H,89,103)(H,90,105)(H,91,115)(H,92,113)(H,93,110)(H,94,111)(H,106,107)(H,108,109)/t44-,45-,46-,47+,49+,52+,55+,56-,57+,58+,59-,60+,71+/m1/s1. The summed E-state index contributed by atoms with van der Waals surface area (Å²) in [6.45, 7) is 2.65. The van der Waals surface area contributed by atoms with Crippen LogP contribution in [0, 0.1) is 23.7 Å². The minimum absolute atomic E-state index is 0.00601. The molecule has 3 aromatic rings. The maximum atomic E-state index is 15.1. The summed E-state index contributed by atoms with van der Waals surface area (Å²) in [6, 6.07) is -2.07. The second-order valence-electron chi connectivity index (χ2n) is 29.1. The van der Waals surface area contributed by atoms with Gasteiger partial charge in [0.1, 0.15) is 55.6 Å². The molecule has 41 heteroatoms. The van der Waals surface area contributed by atoms with Gasteiger partial charge < -0.3 is 110 Å². The number of carboxylic acid groups (broad SMARTS) is 2. The van der Waals surface area contributed by atoms with Gasteiger partial charge in [-0.15, -0.1) is 0 Å². The number of H-pyrrole nitrogens is 1. The largest absolute Gasteiger partial charge is 0.481 e. The fourth-order valence-corrected chi connectivity index (χ4v) is 13.0. The lowest BCUT2D eigenvalue weighted by atomic mass is 9.84. The third kappa shape index (κ3) is 35.2. The molecule has 660 valence electrons. The topological polar surface area (TPSA) is 642 Å². The van der Waals surface area contributed by atoms with E-state index in [0.717, 1.165) is 46.0 Å². The van der Waals surface area contributed by atoms with Crippen molar-refractivity contribution in [1.29, 1.82) is 0 Å². The maximum absolute atomic E-state index is 15.1. The number of nitrogens with one attached hydrogen (secondary N) is 13. The van der Waals surface area contributed by atoms with Crippen LogP contribution >= 0.6 is 0 Å². The molecular weight excluding hydrogens is 1570 g/mol. The van der Waals surface area contributed by atoms with E-state index in [1.54, 1.807) is 43.5 Å². The Labute approximate surface area is 691 Å². The second-order valence-corrected chi connectivity index (χ2v) is 29.1. The van der Waals surface area contributed by atoms with E-state index in [1.165, 1.54) is 25.1 Å². The van der Waals surface area contributed by atoms with Crippen LogP contribution < -0.4 is 75.3 Å². The van der Waals surface area contributed by atoms with E-state index in [1.807, 2.05) is 0 Å². The molecule has 1 saturated heterocycles. The van der Waals surface area contributed by atoms with Crippen molar-refractivity contribution in [2.45, 2.75) is 205 Å². The molecule has 0 unspecified atom stereocenters. The lowest BCUT2D eigenvalue weighted by molar-refractivity contribution is -0.156.